The average Bonchev–Trinajstić information content (AvgIpc) is 2.39. The number of ether oxygens (including phenoxy) is 1. The minimum Gasteiger partial charge on any atom is -0.496 e. The smallest absolute Gasteiger partial charge is 0.124 e. The number of hydrogen-bond acceptors (Lipinski definition) is 4. The first kappa shape index (κ1) is 12.9. The molecule has 0 saturated heterocycles. The molecule has 0 aliphatic carbocycles. The van der Waals surface area contributed by atoms with Crippen LogP contribution in [0.5, 0.6) is 5.75 Å². The van der Waals surface area contributed by atoms with E-state index in [1.807, 2.05) is 43.3 Å². The number of nitrogens with two attached hydrogens (primary N) is 1. The molecule has 4 heteroatoms. The fraction of sp³-hybridized carbons (Fsp3) is 0.214. The third-order valence-corrected chi connectivity index (χ3v) is 3.58. The average molecular weight is 260 g/mol. The molecule has 0 aliphatic rings. The Morgan fingerprint density at radius 3 is 2.67 bits per heavy atom. The van der Waals surface area contributed by atoms with E-state index in [1.54, 1.807) is 25.1 Å². The van der Waals surface area contributed by atoms with Crippen molar-refractivity contribution in [2.75, 3.05) is 7.11 Å². The third kappa shape index (κ3) is 2.83. The van der Waals surface area contributed by atoms with E-state index >= 15 is 0 Å². The summed E-state index contributed by atoms with van der Waals surface area (Å²) >= 11 is 1.60. The van der Waals surface area contributed by atoms with E-state index in [0.29, 0.717) is 0 Å². The Balaban J connectivity index is 2.38. The zero-order valence-corrected chi connectivity index (χ0v) is 11.3. The quantitative estimate of drug-likeness (QED) is 0.916. The van der Waals surface area contributed by atoms with Gasteiger partial charge in [-0.2, -0.15) is 0 Å². The first-order valence-electron chi connectivity index (χ1n) is 5.73. The lowest BCUT2D eigenvalue weighted by Crippen LogP contribution is -2.08. The van der Waals surface area contributed by atoms with Crippen molar-refractivity contribution in [2.45, 2.75) is 22.9 Å². The van der Waals surface area contributed by atoms with Crippen molar-refractivity contribution in [2.24, 2.45) is 5.73 Å². The lowest BCUT2D eigenvalue weighted by atomic mass is 10.1. The van der Waals surface area contributed by atoms with Gasteiger partial charge in [0.1, 0.15) is 10.8 Å². The Morgan fingerprint density at radius 1 is 1.22 bits per heavy atom. The molecule has 0 aliphatic heterocycles. The predicted molar refractivity (Wildman–Crippen MR) is 74.0 cm³/mol. The van der Waals surface area contributed by atoms with E-state index in [4.69, 9.17) is 10.5 Å². The number of benzene rings is 1. The summed E-state index contributed by atoms with van der Waals surface area (Å²) in [4.78, 5) is 5.40. The van der Waals surface area contributed by atoms with Crippen LogP contribution in [0.15, 0.2) is 52.5 Å². The summed E-state index contributed by atoms with van der Waals surface area (Å²) in [5.74, 6) is 0.825. The molecule has 1 aromatic carbocycles. The van der Waals surface area contributed by atoms with Gasteiger partial charge < -0.3 is 10.5 Å². The summed E-state index contributed by atoms with van der Waals surface area (Å²) in [5.41, 5.74) is 7.05. The molecule has 2 aromatic rings. The van der Waals surface area contributed by atoms with Gasteiger partial charge in [0.2, 0.25) is 0 Å². The molecule has 1 unspecified atom stereocenters. The van der Waals surface area contributed by atoms with Gasteiger partial charge in [0, 0.05) is 22.7 Å². The molecule has 0 saturated carbocycles. The molecule has 0 bridgehead atoms. The van der Waals surface area contributed by atoms with Crippen LogP contribution in [0.4, 0.5) is 0 Å². The predicted octanol–water partition coefficient (Wildman–Crippen LogP) is 3.26. The van der Waals surface area contributed by atoms with Gasteiger partial charge in [-0.25, -0.2) is 4.98 Å². The fourth-order valence-electron chi connectivity index (χ4n) is 1.76. The maximum atomic E-state index is 6.03. The Morgan fingerprint density at radius 2 is 2.06 bits per heavy atom. The molecular weight excluding hydrogens is 244 g/mol. The minimum atomic E-state index is -0.0765. The van der Waals surface area contributed by atoms with Crippen molar-refractivity contribution in [3.8, 4) is 5.75 Å². The van der Waals surface area contributed by atoms with Crippen molar-refractivity contribution in [1.29, 1.82) is 0 Å². The number of pyridine rings is 1. The highest BCUT2D eigenvalue weighted by Crippen LogP contribution is 2.36. The summed E-state index contributed by atoms with van der Waals surface area (Å²) in [6.07, 6.45) is 1.79. The van der Waals surface area contributed by atoms with Gasteiger partial charge in [-0.15, -0.1) is 0 Å². The summed E-state index contributed by atoms with van der Waals surface area (Å²) < 4.78 is 5.37. The van der Waals surface area contributed by atoms with Crippen LogP contribution in [0.3, 0.4) is 0 Å². The monoisotopic (exact) mass is 260 g/mol. The number of nitrogens with zero attached hydrogens (tertiary/aromatic N) is 1. The van der Waals surface area contributed by atoms with Crippen LogP contribution in [0.1, 0.15) is 18.5 Å². The highest BCUT2D eigenvalue weighted by Gasteiger charge is 2.14. The molecule has 0 spiro atoms. The second-order valence-electron chi connectivity index (χ2n) is 3.93. The Hall–Kier alpha value is -1.52. The van der Waals surface area contributed by atoms with Gasteiger partial charge in [0.15, 0.2) is 0 Å². The fourth-order valence-corrected chi connectivity index (χ4v) is 2.79. The molecule has 0 amide bonds. The molecule has 2 N–H and O–H groups in total. The van der Waals surface area contributed by atoms with Gasteiger partial charge in [-0.05, 0) is 31.2 Å². The van der Waals surface area contributed by atoms with Crippen molar-refractivity contribution >= 4 is 11.8 Å². The SMILES string of the molecule is COc1cccc(Sc2ccccn2)c1C(C)N. The molecule has 94 valence electrons. The van der Waals surface area contributed by atoms with Crippen LogP contribution in [0.25, 0.3) is 0 Å². The lowest BCUT2D eigenvalue weighted by molar-refractivity contribution is 0.405. The van der Waals surface area contributed by atoms with Gasteiger partial charge in [0.25, 0.3) is 0 Å². The van der Waals surface area contributed by atoms with E-state index < -0.39 is 0 Å². The highest BCUT2D eigenvalue weighted by atomic mass is 32.2. The first-order chi connectivity index (χ1) is 8.72. The second kappa shape index (κ2) is 5.89. The van der Waals surface area contributed by atoms with Crippen molar-refractivity contribution < 1.29 is 4.74 Å². The van der Waals surface area contributed by atoms with Crippen LogP contribution in [-0.4, -0.2) is 12.1 Å². The largest absolute Gasteiger partial charge is 0.496 e. The summed E-state index contributed by atoms with van der Waals surface area (Å²) in [7, 11) is 1.66. The normalized spacial score (nSPS) is 12.2. The minimum absolute atomic E-state index is 0.0765. The maximum Gasteiger partial charge on any atom is 0.124 e. The Bertz CT molecular complexity index is 514. The molecule has 1 heterocycles. The van der Waals surface area contributed by atoms with Crippen LogP contribution < -0.4 is 10.5 Å². The number of methoxy groups -OCH3 is 1. The molecule has 0 radical (unpaired) electrons. The maximum absolute atomic E-state index is 6.03. The van der Waals surface area contributed by atoms with Gasteiger partial charge in [-0.3, -0.25) is 0 Å². The summed E-state index contributed by atoms with van der Waals surface area (Å²) in [6, 6.07) is 11.7. The van der Waals surface area contributed by atoms with Gasteiger partial charge in [-0.1, -0.05) is 23.9 Å². The van der Waals surface area contributed by atoms with Crippen LogP contribution >= 0.6 is 11.8 Å². The van der Waals surface area contributed by atoms with E-state index in [9.17, 15) is 0 Å². The van der Waals surface area contributed by atoms with E-state index in [2.05, 4.69) is 4.98 Å². The zero-order chi connectivity index (χ0) is 13.0. The topological polar surface area (TPSA) is 48.1 Å². The first-order valence-corrected chi connectivity index (χ1v) is 6.55. The lowest BCUT2D eigenvalue weighted by Gasteiger charge is -2.16. The standard InChI is InChI=1S/C14H16N2OS/c1-10(15)14-11(17-2)6-5-7-12(14)18-13-8-3-4-9-16-13/h3-10H,15H2,1-2H3. The Kier molecular flexibility index (Phi) is 4.23. The number of hydrogen-bond donors (Lipinski definition) is 1. The van der Waals surface area contributed by atoms with E-state index in [-0.39, 0.29) is 6.04 Å². The summed E-state index contributed by atoms with van der Waals surface area (Å²) in [6.45, 7) is 1.96. The van der Waals surface area contributed by atoms with E-state index in [1.165, 1.54) is 0 Å². The number of aromatic nitrogens is 1. The van der Waals surface area contributed by atoms with Crippen LogP contribution in [0.2, 0.25) is 0 Å². The number of rotatable bonds is 4. The molecule has 3 nitrogen and oxygen atoms in total. The second-order valence-corrected chi connectivity index (χ2v) is 4.99. The summed E-state index contributed by atoms with van der Waals surface area (Å²) in [5, 5.41) is 0.952. The highest BCUT2D eigenvalue weighted by molar-refractivity contribution is 7.99. The van der Waals surface area contributed by atoms with Gasteiger partial charge >= 0.3 is 0 Å². The molecule has 1 atom stereocenters. The van der Waals surface area contributed by atoms with Gasteiger partial charge in [0.05, 0.1) is 7.11 Å². The Labute approximate surface area is 111 Å². The zero-order valence-electron chi connectivity index (χ0n) is 10.5. The molecule has 2 rings (SSSR count). The van der Waals surface area contributed by atoms with Crippen molar-refractivity contribution in [3.05, 3.63) is 48.2 Å². The molecular formula is C14H16N2OS. The third-order valence-electron chi connectivity index (χ3n) is 2.55. The van der Waals surface area contributed by atoms with E-state index in [0.717, 1.165) is 21.2 Å². The van der Waals surface area contributed by atoms with Crippen molar-refractivity contribution in [1.82, 2.24) is 4.98 Å². The molecule has 1 aromatic heterocycles. The van der Waals surface area contributed by atoms with Crippen LogP contribution in [0, 0.1) is 0 Å². The van der Waals surface area contributed by atoms with Crippen molar-refractivity contribution in [3.63, 3.8) is 0 Å². The molecule has 0 fully saturated rings. The molecule has 18 heavy (non-hydrogen) atoms. The van der Waals surface area contributed by atoms with Crippen LogP contribution in [-0.2, 0) is 0 Å².